The number of fused-ring (bicyclic) bond motifs is 1. The van der Waals surface area contributed by atoms with E-state index in [0.717, 1.165) is 23.6 Å². The summed E-state index contributed by atoms with van der Waals surface area (Å²) >= 11 is 1.71. The van der Waals surface area contributed by atoms with Gasteiger partial charge in [-0.25, -0.2) is 4.98 Å². The van der Waals surface area contributed by atoms with Crippen LogP contribution in [0.4, 0.5) is 5.69 Å². The van der Waals surface area contributed by atoms with Crippen molar-refractivity contribution < 1.29 is 9.72 Å². The van der Waals surface area contributed by atoms with E-state index in [1.54, 1.807) is 28.4 Å². The van der Waals surface area contributed by atoms with Crippen LogP contribution < -0.4 is 0 Å². The average molecular weight is 396 g/mol. The first-order valence-corrected chi connectivity index (χ1v) is 9.98. The molecular weight excluding hydrogens is 376 g/mol. The number of nitro groups is 1. The Kier molecular flexibility index (Phi) is 5.06. The molecule has 1 atom stereocenters. The second kappa shape index (κ2) is 7.65. The molecule has 4 rings (SSSR count). The van der Waals surface area contributed by atoms with Crippen molar-refractivity contribution >= 4 is 33.1 Å². The Balaban J connectivity index is 1.42. The predicted octanol–water partition coefficient (Wildman–Crippen LogP) is 3.72. The van der Waals surface area contributed by atoms with Crippen LogP contribution in [0.3, 0.4) is 0 Å². The number of non-ortho nitro benzene ring substituents is 1. The minimum Gasteiger partial charge on any atom is -0.336 e. The summed E-state index contributed by atoms with van der Waals surface area (Å²) in [5.74, 6) is -0.156. The van der Waals surface area contributed by atoms with Crippen LogP contribution in [-0.2, 0) is 0 Å². The fourth-order valence-corrected chi connectivity index (χ4v) is 4.53. The predicted molar refractivity (Wildman–Crippen MR) is 109 cm³/mol. The quantitative estimate of drug-likeness (QED) is 0.496. The lowest BCUT2D eigenvalue weighted by Crippen LogP contribution is -2.49. The zero-order chi connectivity index (χ0) is 19.7. The van der Waals surface area contributed by atoms with Crippen LogP contribution in [0.1, 0.15) is 28.3 Å². The van der Waals surface area contributed by atoms with E-state index in [-0.39, 0.29) is 17.6 Å². The molecule has 1 aliphatic rings. The molecule has 1 saturated heterocycles. The molecule has 28 heavy (non-hydrogen) atoms. The highest BCUT2D eigenvalue weighted by molar-refractivity contribution is 7.18. The molecule has 0 radical (unpaired) electrons. The summed E-state index contributed by atoms with van der Waals surface area (Å²) < 4.78 is 1.18. The monoisotopic (exact) mass is 396 g/mol. The summed E-state index contributed by atoms with van der Waals surface area (Å²) in [5.41, 5.74) is 1.32. The first-order valence-electron chi connectivity index (χ1n) is 9.16. The Hall–Kier alpha value is -2.84. The summed E-state index contributed by atoms with van der Waals surface area (Å²) in [7, 11) is 0. The molecule has 2 aromatic carbocycles. The number of amides is 1. The number of benzene rings is 2. The average Bonchev–Trinajstić information content (AvgIpc) is 3.17. The van der Waals surface area contributed by atoms with Crippen LogP contribution in [0.2, 0.25) is 0 Å². The molecule has 1 aromatic heterocycles. The summed E-state index contributed by atoms with van der Waals surface area (Å²) in [6.45, 7) is 4.83. The van der Waals surface area contributed by atoms with Gasteiger partial charge in [-0.2, -0.15) is 0 Å². The fraction of sp³-hybridized carbons (Fsp3) is 0.300. The lowest BCUT2D eigenvalue weighted by molar-refractivity contribution is -0.384. The van der Waals surface area contributed by atoms with Gasteiger partial charge in [0.05, 0.1) is 21.2 Å². The van der Waals surface area contributed by atoms with Crippen LogP contribution in [0, 0.1) is 10.1 Å². The van der Waals surface area contributed by atoms with Crippen molar-refractivity contribution in [2.45, 2.75) is 13.0 Å². The molecular formula is C20H20N4O3S. The lowest BCUT2D eigenvalue weighted by Gasteiger charge is -2.37. The third-order valence-corrected chi connectivity index (χ3v) is 6.33. The van der Waals surface area contributed by atoms with E-state index in [0.29, 0.717) is 18.7 Å². The van der Waals surface area contributed by atoms with Crippen molar-refractivity contribution in [2.75, 3.05) is 26.2 Å². The first kappa shape index (κ1) is 18.5. The second-order valence-electron chi connectivity index (χ2n) is 6.83. The van der Waals surface area contributed by atoms with Crippen molar-refractivity contribution in [2.24, 2.45) is 0 Å². The molecule has 144 valence electrons. The molecule has 0 aliphatic carbocycles. The largest absolute Gasteiger partial charge is 0.336 e. The first-order chi connectivity index (χ1) is 13.5. The number of para-hydroxylation sites is 1. The second-order valence-corrected chi connectivity index (χ2v) is 7.89. The topological polar surface area (TPSA) is 79.6 Å². The van der Waals surface area contributed by atoms with Crippen molar-refractivity contribution in [1.82, 2.24) is 14.8 Å². The van der Waals surface area contributed by atoms with Gasteiger partial charge in [0, 0.05) is 43.9 Å². The van der Waals surface area contributed by atoms with Crippen LogP contribution in [0.5, 0.6) is 0 Å². The molecule has 7 nitrogen and oxygen atoms in total. The summed E-state index contributed by atoms with van der Waals surface area (Å²) in [4.78, 5) is 32.0. The van der Waals surface area contributed by atoms with E-state index in [4.69, 9.17) is 4.98 Å². The SMILES string of the molecule is C[C@@H](c1nc2ccccc2s1)N1CCN(C(=O)c2cccc([N+](=O)[O-])c2)CC1. The van der Waals surface area contributed by atoms with Crippen molar-refractivity contribution in [3.05, 3.63) is 69.2 Å². The maximum Gasteiger partial charge on any atom is 0.270 e. The molecule has 0 spiro atoms. The van der Waals surface area contributed by atoms with E-state index in [9.17, 15) is 14.9 Å². The van der Waals surface area contributed by atoms with E-state index < -0.39 is 4.92 Å². The number of rotatable bonds is 4. The number of piperazine rings is 1. The van der Waals surface area contributed by atoms with Crippen LogP contribution >= 0.6 is 11.3 Å². The number of hydrogen-bond acceptors (Lipinski definition) is 6. The minimum absolute atomic E-state index is 0.0612. The maximum absolute atomic E-state index is 12.7. The standard InChI is InChI=1S/C20H20N4O3S/c1-14(19-21-17-7-2-3-8-18(17)28-19)22-9-11-23(12-10-22)20(25)15-5-4-6-16(13-15)24(26)27/h2-8,13-14H,9-12H2,1H3/t14-/m0/s1. The molecule has 0 saturated carbocycles. The minimum atomic E-state index is -0.478. The van der Waals surface area contributed by atoms with Crippen molar-refractivity contribution in [1.29, 1.82) is 0 Å². The molecule has 1 fully saturated rings. The molecule has 0 N–H and O–H groups in total. The molecule has 1 aliphatic heterocycles. The van der Waals surface area contributed by atoms with Gasteiger partial charge in [-0.1, -0.05) is 18.2 Å². The maximum atomic E-state index is 12.7. The Morgan fingerprint density at radius 3 is 2.61 bits per heavy atom. The van der Waals surface area contributed by atoms with E-state index in [1.165, 1.54) is 16.8 Å². The van der Waals surface area contributed by atoms with E-state index >= 15 is 0 Å². The molecule has 0 unspecified atom stereocenters. The Labute approximate surface area is 166 Å². The third kappa shape index (κ3) is 3.61. The Morgan fingerprint density at radius 2 is 1.89 bits per heavy atom. The summed E-state index contributed by atoms with van der Waals surface area (Å²) in [6, 6.07) is 14.2. The molecule has 2 heterocycles. The zero-order valence-electron chi connectivity index (χ0n) is 15.4. The number of nitrogens with zero attached hydrogens (tertiary/aromatic N) is 4. The van der Waals surface area contributed by atoms with Crippen molar-refractivity contribution in [3.63, 3.8) is 0 Å². The molecule has 0 bridgehead atoms. The Morgan fingerprint density at radius 1 is 1.14 bits per heavy atom. The number of aromatic nitrogens is 1. The number of hydrogen-bond donors (Lipinski definition) is 0. The smallest absolute Gasteiger partial charge is 0.270 e. The molecule has 1 amide bonds. The van der Waals surface area contributed by atoms with Gasteiger partial charge in [-0.3, -0.25) is 19.8 Å². The lowest BCUT2D eigenvalue weighted by atomic mass is 10.1. The molecule has 8 heteroatoms. The van der Waals surface area contributed by atoms with Gasteiger partial charge in [0.2, 0.25) is 0 Å². The number of carbonyl (C=O) groups excluding carboxylic acids is 1. The highest BCUT2D eigenvalue weighted by atomic mass is 32.1. The van der Waals surface area contributed by atoms with Gasteiger partial charge in [0.15, 0.2) is 0 Å². The van der Waals surface area contributed by atoms with E-state index in [2.05, 4.69) is 17.9 Å². The number of nitro benzene ring substituents is 1. The van der Waals surface area contributed by atoms with Crippen LogP contribution in [0.15, 0.2) is 48.5 Å². The summed E-state index contributed by atoms with van der Waals surface area (Å²) in [6.07, 6.45) is 0. The van der Waals surface area contributed by atoms with Gasteiger partial charge < -0.3 is 4.90 Å². The highest BCUT2D eigenvalue weighted by Crippen LogP contribution is 2.30. The fourth-order valence-electron chi connectivity index (χ4n) is 3.47. The Bertz CT molecular complexity index is 994. The van der Waals surface area contributed by atoms with Gasteiger partial charge in [-0.05, 0) is 25.1 Å². The number of carbonyl (C=O) groups is 1. The van der Waals surface area contributed by atoms with Crippen molar-refractivity contribution in [3.8, 4) is 0 Å². The molecule has 3 aromatic rings. The van der Waals surface area contributed by atoms with E-state index in [1.807, 2.05) is 18.2 Å². The third-order valence-electron chi connectivity index (χ3n) is 5.12. The number of thiazole rings is 1. The van der Waals surface area contributed by atoms with Gasteiger partial charge in [-0.15, -0.1) is 11.3 Å². The van der Waals surface area contributed by atoms with Gasteiger partial charge in [0.1, 0.15) is 5.01 Å². The van der Waals surface area contributed by atoms with Gasteiger partial charge >= 0.3 is 0 Å². The normalized spacial score (nSPS) is 16.2. The highest BCUT2D eigenvalue weighted by Gasteiger charge is 2.27. The summed E-state index contributed by atoms with van der Waals surface area (Å²) in [5, 5.41) is 12.0. The van der Waals surface area contributed by atoms with Gasteiger partial charge in [0.25, 0.3) is 11.6 Å². The van der Waals surface area contributed by atoms with Crippen LogP contribution in [0.25, 0.3) is 10.2 Å². The van der Waals surface area contributed by atoms with Crippen LogP contribution in [-0.4, -0.2) is 51.8 Å². The zero-order valence-corrected chi connectivity index (χ0v) is 16.3.